The first kappa shape index (κ1) is 21.6. The van der Waals surface area contributed by atoms with Crippen LogP contribution in [0.15, 0.2) is 90.4 Å². The minimum atomic E-state index is 0.0891. The number of anilines is 1. The number of carbonyl (C=O) groups excluding carboxylic acids is 1. The van der Waals surface area contributed by atoms with Gasteiger partial charge in [-0.1, -0.05) is 60.7 Å². The van der Waals surface area contributed by atoms with E-state index < -0.39 is 0 Å². The number of amides is 1. The highest BCUT2D eigenvalue weighted by Gasteiger charge is 2.24. The summed E-state index contributed by atoms with van der Waals surface area (Å²) in [5.41, 5.74) is 3.91. The predicted molar refractivity (Wildman–Crippen MR) is 142 cm³/mol. The summed E-state index contributed by atoms with van der Waals surface area (Å²) < 4.78 is 3.09. The Morgan fingerprint density at radius 3 is 2.31 bits per heavy atom. The Morgan fingerprint density at radius 1 is 0.857 bits per heavy atom. The van der Waals surface area contributed by atoms with Gasteiger partial charge in [-0.2, -0.15) is 5.10 Å². The molecule has 2 aromatic carbocycles. The maximum absolute atomic E-state index is 13.3. The molecule has 1 aliphatic rings. The van der Waals surface area contributed by atoms with E-state index in [4.69, 9.17) is 5.10 Å². The van der Waals surface area contributed by atoms with Crippen molar-refractivity contribution in [2.24, 2.45) is 0 Å². The van der Waals surface area contributed by atoms with Crippen LogP contribution in [-0.4, -0.2) is 51.8 Å². The summed E-state index contributed by atoms with van der Waals surface area (Å²) in [5, 5.41) is 8.13. The van der Waals surface area contributed by atoms with E-state index >= 15 is 0 Å². The van der Waals surface area contributed by atoms with Crippen molar-refractivity contribution in [2.45, 2.75) is 6.54 Å². The third-order valence-electron chi connectivity index (χ3n) is 6.49. The second kappa shape index (κ2) is 9.35. The number of hydrogen-bond donors (Lipinski definition) is 0. The molecule has 6 rings (SSSR count). The van der Waals surface area contributed by atoms with E-state index in [1.807, 2.05) is 64.3 Å². The van der Waals surface area contributed by atoms with Gasteiger partial charge in [-0.15, -0.1) is 11.3 Å². The molecule has 1 saturated heterocycles. The van der Waals surface area contributed by atoms with Crippen molar-refractivity contribution in [1.29, 1.82) is 0 Å². The minimum Gasteiger partial charge on any atom is -0.353 e. The van der Waals surface area contributed by atoms with Crippen molar-refractivity contribution in [1.82, 2.24) is 19.7 Å². The Hall–Kier alpha value is -3.97. The standard InChI is InChI=1S/C28H25N5OS/c34-27(31-14-16-32(17-15-31)28-23-12-18-35-26(23)11-13-29-28)20-33-25(22-9-5-2-6-10-22)19-24(30-33)21-7-3-1-4-8-21/h1-13,18-19H,14-17,20H2. The lowest BCUT2D eigenvalue weighted by molar-refractivity contribution is -0.132. The van der Waals surface area contributed by atoms with Crippen LogP contribution < -0.4 is 4.90 Å². The smallest absolute Gasteiger partial charge is 0.244 e. The van der Waals surface area contributed by atoms with Crippen LogP contribution in [0.25, 0.3) is 32.6 Å². The summed E-state index contributed by atoms with van der Waals surface area (Å²) in [6.45, 7) is 3.11. The lowest BCUT2D eigenvalue weighted by atomic mass is 10.1. The van der Waals surface area contributed by atoms with E-state index in [0.717, 1.165) is 41.4 Å². The Labute approximate surface area is 208 Å². The van der Waals surface area contributed by atoms with Gasteiger partial charge in [-0.05, 0) is 29.1 Å². The van der Waals surface area contributed by atoms with Gasteiger partial charge >= 0.3 is 0 Å². The molecule has 4 heterocycles. The van der Waals surface area contributed by atoms with Crippen LogP contribution in [0, 0.1) is 0 Å². The molecule has 0 N–H and O–H groups in total. The fourth-order valence-electron chi connectivity index (χ4n) is 4.66. The Kier molecular flexibility index (Phi) is 5.76. The largest absolute Gasteiger partial charge is 0.353 e. The first-order chi connectivity index (χ1) is 17.3. The summed E-state index contributed by atoms with van der Waals surface area (Å²) in [7, 11) is 0. The molecule has 0 aliphatic carbocycles. The molecule has 6 nitrogen and oxygen atoms in total. The normalized spacial score (nSPS) is 13.9. The van der Waals surface area contributed by atoms with E-state index in [9.17, 15) is 4.79 Å². The molecule has 1 fully saturated rings. The molecular weight excluding hydrogens is 454 g/mol. The number of rotatable bonds is 5. The maximum Gasteiger partial charge on any atom is 0.244 e. The van der Waals surface area contributed by atoms with Crippen molar-refractivity contribution < 1.29 is 4.79 Å². The molecule has 35 heavy (non-hydrogen) atoms. The number of aromatic nitrogens is 3. The van der Waals surface area contributed by atoms with E-state index in [1.165, 1.54) is 10.1 Å². The lowest BCUT2D eigenvalue weighted by Gasteiger charge is -2.35. The second-order valence-electron chi connectivity index (χ2n) is 8.64. The highest BCUT2D eigenvalue weighted by atomic mass is 32.1. The summed E-state index contributed by atoms with van der Waals surface area (Å²) in [6.07, 6.45) is 1.87. The number of carbonyl (C=O) groups is 1. The van der Waals surface area contributed by atoms with Gasteiger partial charge in [0.2, 0.25) is 5.91 Å². The van der Waals surface area contributed by atoms with E-state index in [1.54, 1.807) is 11.3 Å². The van der Waals surface area contributed by atoms with E-state index in [0.29, 0.717) is 13.1 Å². The summed E-state index contributed by atoms with van der Waals surface area (Å²) in [5.74, 6) is 1.10. The number of fused-ring (bicyclic) bond motifs is 1. The zero-order valence-electron chi connectivity index (χ0n) is 19.2. The molecule has 7 heteroatoms. The Morgan fingerprint density at radius 2 is 1.57 bits per heavy atom. The Bertz CT molecular complexity index is 1450. The van der Waals surface area contributed by atoms with Crippen molar-refractivity contribution in [2.75, 3.05) is 31.1 Å². The van der Waals surface area contributed by atoms with Gasteiger partial charge in [0.25, 0.3) is 0 Å². The van der Waals surface area contributed by atoms with Gasteiger partial charge in [0, 0.05) is 48.0 Å². The van der Waals surface area contributed by atoms with Gasteiger partial charge < -0.3 is 9.80 Å². The predicted octanol–water partition coefficient (Wildman–Crippen LogP) is 5.18. The molecule has 5 aromatic rings. The average Bonchev–Trinajstić information content (AvgIpc) is 3.57. The SMILES string of the molecule is O=C(Cn1nc(-c2ccccc2)cc1-c1ccccc1)N1CCN(c2nccc3sccc23)CC1. The molecule has 0 spiro atoms. The van der Waals surface area contributed by atoms with Crippen molar-refractivity contribution in [3.63, 3.8) is 0 Å². The zero-order valence-corrected chi connectivity index (χ0v) is 20.1. The third kappa shape index (κ3) is 4.31. The van der Waals surface area contributed by atoms with Crippen molar-refractivity contribution in [3.8, 4) is 22.5 Å². The molecule has 0 saturated carbocycles. The van der Waals surface area contributed by atoms with Crippen LogP contribution in [0.3, 0.4) is 0 Å². The van der Waals surface area contributed by atoms with Gasteiger partial charge in [0.05, 0.1) is 11.4 Å². The average molecular weight is 480 g/mol. The van der Waals surface area contributed by atoms with E-state index in [2.05, 4.69) is 45.6 Å². The van der Waals surface area contributed by atoms with Crippen LogP contribution in [0.5, 0.6) is 0 Å². The fraction of sp³-hybridized carbons (Fsp3) is 0.179. The highest BCUT2D eigenvalue weighted by molar-refractivity contribution is 7.17. The first-order valence-electron chi connectivity index (χ1n) is 11.8. The second-order valence-corrected chi connectivity index (χ2v) is 9.59. The molecule has 0 unspecified atom stereocenters. The molecule has 0 atom stereocenters. The molecule has 1 amide bonds. The van der Waals surface area contributed by atoms with Crippen LogP contribution in [-0.2, 0) is 11.3 Å². The minimum absolute atomic E-state index is 0.0891. The van der Waals surface area contributed by atoms with Gasteiger partial charge in [-0.25, -0.2) is 4.98 Å². The van der Waals surface area contributed by atoms with Crippen LogP contribution in [0.2, 0.25) is 0 Å². The van der Waals surface area contributed by atoms with Crippen molar-refractivity contribution >= 4 is 33.1 Å². The van der Waals surface area contributed by atoms with Gasteiger partial charge in [0.15, 0.2) is 0 Å². The fourth-order valence-corrected chi connectivity index (χ4v) is 5.43. The summed E-state index contributed by atoms with van der Waals surface area (Å²) in [6, 6.07) is 26.5. The Balaban J connectivity index is 1.20. The number of hydrogen-bond acceptors (Lipinski definition) is 5. The highest BCUT2D eigenvalue weighted by Crippen LogP contribution is 2.29. The topological polar surface area (TPSA) is 54.3 Å². The van der Waals surface area contributed by atoms with Gasteiger partial charge in [0.1, 0.15) is 12.4 Å². The first-order valence-corrected chi connectivity index (χ1v) is 12.7. The monoisotopic (exact) mass is 479 g/mol. The number of benzene rings is 2. The molecule has 1 aliphatic heterocycles. The molecule has 3 aromatic heterocycles. The molecular formula is C28H25N5OS. The number of pyridine rings is 1. The molecule has 0 bridgehead atoms. The van der Waals surface area contributed by atoms with Crippen LogP contribution >= 0.6 is 11.3 Å². The van der Waals surface area contributed by atoms with Crippen LogP contribution in [0.1, 0.15) is 0 Å². The maximum atomic E-state index is 13.3. The quantitative estimate of drug-likeness (QED) is 0.349. The zero-order chi connectivity index (χ0) is 23.6. The third-order valence-corrected chi connectivity index (χ3v) is 7.38. The lowest BCUT2D eigenvalue weighted by Crippen LogP contribution is -2.50. The summed E-state index contributed by atoms with van der Waals surface area (Å²) >= 11 is 1.73. The van der Waals surface area contributed by atoms with E-state index in [-0.39, 0.29) is 12.5 Å². The number of nitrogens with zero attached hydrogens (tertiary/aromatic N) is 5. The molecule has 0 radical (unpaired) electrons. The molecule has 174 valence electrons. The van der Waals surface area contributed by atoms with Crippen LogP contribution in [0.4, 0.5) is 5.82 Å². The number of thiophene rings is 1. The summed E-state index contributed by atoms with van der Waals surface area (Å²) in [4.78, 5) is 22.2. The van der Waals surface area contributed by atoms with Gasteiger partial charge in [-0.3, -0.25) is 9.48 Å². The number of piperazine rings is 1. The van der Waals surface area contributed by atoms with Crippen molar-refractivity contribution in [3.05, 3.63) is 90.4 Å².